The smallest absolute Gasteiger partial charge is 0.379 e. The zero-order chi connectivity index (χ0) is 6.53. The van der Waals surface area contributed by atoms with Gasteiger partial charge in [0.1, 0.15) is 0 Å². The molecule has 2 nitrogen and oxygen atoms in total. The average molecular weight is 182 g/mol. The molecule has 0 N–H and O–H groups in total. The molecule has 1 heterocycles. The Bertz CT molecular complexity index is 71.7. The van der Waals surface area contributed by atoms with Crippen LogP contribution in [0, 0.1) is 14.4 Å². The Morgan fingerprint density at radius 1 is 1.27 bits per heavy atom. The maximum Gasteiger partial charge on any atom is 1.00 e. The van der Waals surface area contributed by atoms with Crippen LogP contribution in [0.15, 0.2) is 0 Å². The van der Waals surface area contributed by atoms with E-state index >= 15 is 0 Å². The Hall–Kier alpha value is 1.56. The fourth-order valence-electron chi connectivity index (χ4n) is 1.05. The van der Waals surface area contributed by atoms with Crippen LogP contribution >= 0.6 is 0 Å². The summed E-state index contributed by atoms with van der Waals surface area (Å²) in [5.41, 5.74) is 0. The van der Waals surface area contributed by atoms with Crippen molar-refractivity contribution in [1.29, 1.82) is 0 Å². The standard InChI is InChI=1S/C7H14NO.CH3.K/c1-2-3-8-4-6-9-7-5-8;;/h1-7H2;1H3;/q2*-1;+1. The first kappa shape index (κ1) is 15.0. The SMILES string of the molecule is [CH2-]CCN1CCOCC1.[CH3-].[K+]. The van der Waals surface area contributed by atoms with Crippen molar-refractivity contribution in [3.8, 4) is 0 Å². The molecule has 1 aliphatic heterocycles. The number of hydrogen-bond acceptors (Lipinski definition) is 2. The second-order valence-electron chi connectivity index (χ2n) is 2.31. The van der Waals surface area contributed by atoms with E-state index < -0.39 is 0 Å². The molecule has 0 aromatic rings. The Morgan fingerprint density at radius 2 is 1.82 bits per heavy atom. The molecule has 0 unspecified atom stereocenters. The molecule has 1 rings (SSSR count). The van der Waals surface area contributed by atoms with E-state index in [1.54, 1.807) is 0 Å². The molecular weight excluding hydrogens is 165 g/mol. The molecule has 1 aliphatic rings. The third-order valence-electron chi connectivity index (χ3n) is 1.58. The molecule has 1 fully saturated rings. The van der Waals surface area contributed by atoms with Gasteiger partial charge in [-0.05, 0) is 6.54 Å². The molecule has 3 heteroatoms. The molecule has 0 amide bonds. The Kier molecular flexibility index (Phi) is 13.2. The summed E-state index contributed by atoms with van der Waals surface area (Å²) in [5, 5.41) is 0. The number of nitrogens with zero attached hydrogens (tertiary/aromatic N) is 1. The Labute approximate surface area is 113 Å². The van der Waals surface area contributed by atoms with Gasteiger partial charge in [0.15, 0.2) is 0 Å². The van der Waals surface area contributed by atoms with E-state index in [0.717, 1.165) is 39.3 Å². The van der Waals surface area contributed by atoms with Gasteiger partial charge in [-0.1, -0.05) is 0 Å². The van der Waals surface area contributed by atoms with Crippen LogP contribution < -0.4 is 51.4 Å². The van der Waals surface area contributed by atoms with Gasteiger partial charge in [-0.2, -0.15) is 6.42 Å². The van der Waals surface area contributed by atoms with Gasteiger partial charge in [0.05, 0.1) is 13.2 Å². The maximum absolute atomic E-state index is 5.18. The fraction of sp³-hybridized carbons (Fsp3) is 0.750. The Balaban J connectivity index is 0. The second kappa shape index (κ2) is 9.64. The van der Waals surface area contributed by atoms with Gasteiger partial charge in [-0.25, -0.2) is 0 Å². The van der Waals surface area contributed by atoms with E-state index in [2.05, 4.69) is 11.8 Å². The van der Waals surface area contributed by atoms with E-state index in [1.807, 2.05) is 0 Å². The minimum Gasteiger partial charge on any atom is -0.379 e. The van der Waals surface area contributed by atoms with E-state index in [9.17, 15) is 0 Å². The van der Waals surface area contributed by atoms with Gasteiger partial charge >= 0.3 is 51.4 Å². The van der Waals surface area contributed by atoms with Crippen LogP contribution in [0.1, 0.15) is 6.42 Å². The maximum atomic E-state index is 5.18. The second-order valence-corrected chi connectivity index (χ2v) is 2.31. The van der Waals surface area contributed by atoms with E-state index in [-0.39, 0.29) is 58.8 Å². The fourth-order valence-corrected chi connectivity index (χ4v) is 1.05. The number of morpholine rings is 1. The van der Waals surface area contributed by atoms with E-state index in [0.29, 0.717) is 0 Å². The van der Waals surface area contributed by atoms with Crippen molar-refractivity contribution in [2.24, 2.45) is 0 Å². The first-order valence-electron chi connectivity index (χ1n) is 3.53. The molecule has 0 aromatic carbocycles. The summed E-state index contributed by atoms with van der Waals surface area (Å²) in [5.74, 6) is 0. The normalized spacial score (nSPS) is 18.3. The molecule has 11 heavy (non-hydrogen) atoms. The summed E-state index contributed by atoms with van der Waals surface area (Å²) in [7, 11) is 0. The summed E-state index contributed by atoms with van der Waals surface area (Å²) in [6, 6.07) is 0. The topological polar surface area (TPSA) is 12.5 Å². The van der Waals surface area contributed by atoms with Gasteiger partial charge in [-0.3, -0.25) is 0 Å². The molecule has 0 saturated carbocycles. The third kappa shape index (κ3) is 6.69. The molecule has 0 bridgehead atoms. The van der Waals surface area contributed by atoms with Crippen molar-refractivity contribution in [2.75, 3.05) is 32.8 Å². The predicted octanol–water partition coefficient (Wildman–Crippen LogP) is -2.00. The van der Waals surface area contributed by atoms with Crippen molar-refractivity contribution in [3.05, 3.63) is 14.4 Å². The van der Waals surface area contributed by atoms with Crippen molar-refractivity contribution < 1.29 is 56.1 Å². The summed E-state index contributed by atoms with van der Waals surface area (Å²) < 4.78 is 5.18. The summed E-state index contributed by atoms with van der Waals surface area (Å²) in [6.45, 7) is 8.92. The minimum atomic E-state index is 0. The van der Waals surface area contributed by atoms with Crippen LogP contribution in [0.4, 0.5) is 0 Å². The third-order valence-corrected chi connectivity index (χ3v) is 1.58. The largest absolute Gasteiger partial charge is 1.00 e. The molecule has 62 valence electrons. The molecular formula is C8H17KNO-. The molecule has 0 radical (unpaired) electrons. The number of rotatable bonds is 2. The zero-order valence-electron chi connectivity index (χ0n) is 7.81. The Morgan fingerprint density at radius 3 is 2.27 bits per heavy atom. The number of hydrogen-bond donors (Lipinski definition) is 0. The predicted molar refractivity (Wildman–Crippen MR) is 43.6 cm³/mol. The quantitative estimate of drug-likeness (QED) is 0.362. The molecule has 1 saturated heterocycles. The first-order valence-corrected chi connectivity index (χ1v) is 3.53. The van der Waals surface area contributed by atoms with Gasteiger partial charge in [-0.15, -0.1) is 0 Å². The van der Waals surface area contributed by atoms with Gasteiger partial charge in [0.25, 0.3) is 0 Å². The van der Waals surface area contributed by atoms with Crippen LogP contribution in [0.5, 0.6) is 0 Å². The summed E-state index contributed by atoms with van der Waals surface area (Å²) in [4.78, 5) is 2.39. The van der Waals surface area contributed by atoms with Crippen LogP contribution in [-0.2, 0) is 4.74 Å². The van der Waals surface area contributed by atoms with Crippen LogP contribution in [0.25, 0.3) is 0 Å². The first-order chi connectivity index (χ1) is 4.43. The molecule has 0 aromatic heterocycles. The summed E-state index contributed by atoms with van der Waals surface area (Å²) in [6.07, 6.45) is 1.01. The number of ether oxygens (including phenoxy) is 1. The van der Waals surface area contributed by atoms with E-state index in [4.69, 9.17) is 4.74 Å². The minimum absolute atomic E-state index is 0. The van der Waals surface area contributed by atoms with Crippen molar-refractivity contribution in [3.63, 3.8) is 0 Å². The van der Waals surface area contributed by atoms with Crippen molar-refractivity contribution in [2.45, 2.75) is 6.42 Å². The average Bonchev–Trinajstić information content (AvgIpc) is 1.91. The molecule has 0 spiro atoms. The van der Waals surface area contributed by atoms with Crippen molar-refractivity contribution >= 4 is 0 Å². The van der Waals surface area contributed by atoms with Crippen molar-refractivity contribution in [1.82, 2.24) is 4.90 Å². The van der Waals surface area contributed by atoms with E-state index in [1.165, 1.54) is 0 Å². The van der Waals surface area contributed by atoms with Crippen LogP contribution in [0.3, 0.4) is 0 Å². The molecule has 0 aliphatic carbocycles. The van der Waals surface area contributed by atoms with Gasteiger partial charge < -0.3 is 24.0 Å². The van der Waals surface area contributed by atoms with Crippen LogP contribution in [0.2, 0.25) is 0 Å². The monoisotopic (exact) mass is 182 g/mol. The summed E-state index contributed by atoms with van der Waals surface area (Å²) >= 11 is 0. The van der Waals surface area contributed by atoms with Gasteiger partial charge in [0.2, 0.25) is 0 Å². The zero-order valence-corrected chi connectivity index (χ0v) is 10.9. The van der Waals surface area contributed by atoms with Gasteiger partial charge in [0, 0.05) is 13.1 Å². The molecule has 0 atom stereocenters. The van der Waals surface area contributed by atoms with Crippen LogP contribution in [-0.4, -0.2) is 37.7 Å².